The number of rotatable bonds is 7. The third kappa shape index (κ3) is 5.51. The van der Waals surface area contributed by atoms with Gasteiger partial charge in [-0.25, -0.2) is 0 Å². The predicted molar refractivity (Wildman–Crippen MR) is 76.1 cm³/mol. The van der Waals surface area contributed by atoms with Gasteiger partial charge in [0.25, 0.3) is 0 Å². The fourth-order valence-corrected chi connectivity index (χ4v) is 2.50. The van der Waals surface area contributed by atoms with E-state index >= 15 is 0 Å². The fourth-order valence-electron chi connectivity index (χ4n) is 1.49. The number of pyridine rings is 1. The van der Waals surface area contributed by atoms with Gasteiger partial charge in [-0.3, -0.25) is 9.78 Å². The quantitative estimate of drug-likeness (QED) is 0.813. The van der Waals surface area contributed by atoms with Crippen molar-refractivity contribution in [3.63, 3.8) is 0 Å². The first-order valence-electron chi connectivity index (χ1n) is 5.94. The van der Waals surface area contributed by atoms with Crippen molar-refractivity contribution in [1.82, 2.24) is 9.88 Å². The monoisotopic (exact) mass is 267 g/mol. The molecule has 0 aliphatic heterocycles. The summed E-state index contributed by atoms with van der Waals surface area (Å²) in [5.74, 6) is 1.24. The summed E-state index contributed by atoms with van der Waals surface area (Å²) in [5, 5.41) is 0. The second kappa shape index (κ2) is 7.38. The van der Waals surface area contributed by atoms with Crippen molar-refractivity contribution in [2.75, 3.05) is 19.8 Å². The molecule has 18 heavy (non-hydrogen) atoms. The van der Waals surface area contributed by atoms with Crippen LogP contribution in [0.1, 0.15) is 18.2 Å². The molecule has 100 valence electrons. The molecule has 4 nitrogen and oxygen atoms in total. The summed E-state index contributed by atoms with van der Waals surface area (Å²) in [6.45, 7) is 2.77. The summed E-state index contributed by atoms with van der Waals surface area (Å²) < 4.78 is 0. The van der Waals surface area contributed by atoms with E-state index in [0.29, 0.717) is 0 Å². The highest BCUT2D eigenvalue weighted by molar-refractivity contribution is 7.98. The molecule has 1 aromatic heterocycles. The third-order valence-corrected chi connectivity index (χ3v) is 3.72. The van der Waals surface area contributed by atoms with E-state index in [2.05, 4.69) is 16.0 Å². The number of nitrogens with zero attached hydrogens (tertiary/aromatic N) is 2. The first-order valence-corrected chi connectivity index (χ1v) is 7.10. The lowest BCUT2D eigenvalue weighted by Crippen LogP contribution is -2.22. The van der Waals surface area contributed by atoms with Crippen LogP contribution in [0.15, 0.2) is 18.3 Å². The molecule has 1 amide bonds. The van der Waals surface area contributed by atoms with E-state index in [9.17, 15) is 4.79 Å². The Labute approximate surface area is 113 Å². The van der Waals surface area contributed by atoms with Crippen molar-refractivity contribution in [3.8, 4) is 0 Å². The highest BCUT2D eigenvalue weighted by Gasteiger charge is 2.08. The Bertz CT molecular complexity index is 396. The molecule has 1 heterocycles. The van der Waals surface area contributed by atoms with Crippen molar-refractivity contribution < 1.29 is 4.79 Å². The van der Waals surface area contributed by atoms with Gasteiger partial charge < -0.3 is 10.6 Å². The van der Waals surface area contributed by atoms with Crippen LogP contribution in [0.25, 0.3) is 0 Å². The van der Waals surface area contributed by atoms with E-state index in [0.717, 1.165) is 23.7 Å². The predicted octanol–water partition coefficient (Wildman–Crippen LogP) is 1.50. The van der Waals surface area contributed by atoms with E-state index in [4.69, 9.17) is 5.73 Å². The molecule has 0 radical (unpaired) electrons. The Balaban J connectivity index is 2.45. The fraction of sp³-hybridized carbons (Fsp3) is 0.538. The molecular formula is C13H21N3OS. The van der Waals surface area contributed by atoms with Crippen LogP contribution in [-0.4, -0.2) is 35.6 Å². The number of carbonyl (C=O) groups excluding carboxylic acids is 1. The summed E-state index contributed by atoms with van der Waals surface area (Å²) in [4.78, 5) is 17.4. The van der Waals surface area contributed by atoms with E-state index in [1.54, 1.807) is 11.8 Å². The average Bonchev–Trinajstić information content (AvgIpc) is 2.28. The van der Waals surface area contributed by atoms with Crippen LogP contribution in [0.5, 0.6) is 0 Å². The molecule has 0 aliphatic rings. The van der Waals surface area contributed by atoms with Crippen LogP contribution >= 0.6 is 11.8 Å². The standard InChI is InChI=1S/C13H21N3OS/c1-10(13(14)17)8-18-9-12-6-11(4-5-15-12)7-16(2)3/h4-6,10H,7-9H2,1-3H3,(H2,14,17). The molecule has 0 saturated carbocycles. The highest BCUT2D eigenvalue weighted by atomic mass is 32.2. The zero-order valence-corrected chi connectivity index (χ0v) is 12.0. The molecule has 1 rings (SSSR count). The van der Waals surface area contributed by atoms with Crippen LogP contribution in [-0.2, 0) is 17.1 Å². The first-order chi connectivity index (χ1) is 8.49. The number of primary amides is 1. The molecule has 5 heteroatoms. The smallest absolute Gasteiger partial charge is 0.221 e. The van der Waals surface area contributed by atoms with Crippen LogP contribution in [0.2, 0.25) is 0 Å². The Morgan fingerprint density at radius 1 is 1.56 bits per heavy atom. The molecule has 0 aliphatic carbocycles. The van der Waals surface area contributed by atoms with Gasteiger partial charge in [0.05, 0.1) is 5.69 Å². The molecule has 0 saturated heterocycles. The Morgan fingerprint density at radius 3 is 2.89 bits per heavy atom. The maximum Gasteiger partial charge on any atom is 0.221 e. The zero-order valence-electron chi connectivity index (χ0n) is 11.2. The van der Waals surface area contributed by atoms with Gasteiger partial charge in [-0.15, -0.1) is 0 Å². The second-order valence-corrected chi connectivity index (χ2v) is 5.74. The lowest BCUT2D eigenvalue weighted by atomic mass is 10.2. The van der Waals surface area contributed by atoms with E-state index in [1.807, 2.05) is 33.3 Å². The van der Waals surface area contributed by atoms with Crippen LogP contribution < -0.4 is 5.73 Å². The number of hydrogen-bond donors (Lipinski definition) is 1. The minimum Gasteiger partial charge on any atom is -0.369 e. The van der Waals surface area contributed by atoms with E-state index < -0.39 is 0 Å². The van der Waals surface area contributed by atoms with Gasteiger partial charge in [0.1, 0.15) is 0 Å². The van der Waals surface area contributed by atoms with Crippen LogP contribution in [0, 0.1) is 5.92 Å². The van der Waals surface area contributed by atoms with Gasteiger partial charge in [0.2, 0.25) is 5.91 Å². The molecule has 0 fully saturated rings. The number of carbonyl (C=O) groups is 1. The summed E-state index contributed by atoms with van der Waals surface area (Å²) >= 11 is 1.69. The maximum atomic E-state index is 10.9. The molecule has 2 N–H and O–H groups in total. The minimum atomic E-state index is -0.239. The van der Waals surface area contributed by atoms with Gasteiger partial charge in [0, 0.05) is 30.2 Å². The van der Waals surface area contributed by atoms with Gasteiger partial charge in [0.15, 0.2) is 0 Å². The van der Waals surface area contributed by atoms with Gasteiger partial charge in [-0.1, -0.05) is 6.92 Å². The molecule has 0 spiro atoms. The normalized spacial score (nSPS) is 12.7. The maximum absolute atomic E-state index is 10.9. The number of aromatic nitrogens is 1. The number of thioether (sulfide) groups is 1. The van der Waals surface area contributed by atoms with Crippen molar-refractivity contribution >= 4 is 17.7 Å². The highest BCUT2D eigenvalue weighted by Crippen LogP contribution is 2.15. The summed E-state index contributed by atoms with van der Waals surface area (Å²) in [7, 11) is 4.09. The molecular weight excluding hydrogens is 246 g/mol. The minimum absolute atomic E-state index is 0.0834. The van der Waals surface area contributed by atoms with Crippen molar-refractivity contribution in [2.24, 2.45) is 11.7 Å². The number of nitrogens with two attached hydrogens (primary N) is 1. The van der Waals surface area contributed by atoms with Crippen molar-refractivity contribution in [3.05, 3.63) is 29.6 Å². The van der Waals surface area contributed by atoms with Crippen molar-refractivity contribution in [1.29, 1.82) is 0 Å². The van der Waals surface area contributed by atoms with Gasteiger partial charge >= 0.3 is 0 Å². The molecule has 1 unspecified atom stereocenters. The average molecular weight is 267 g/mol. The molecule has 1 aromatic rings. The number of amides is 1. The Kier molecular flexibility index (Phi) is 6.15. The summed E-state index contributed by atoms with van der Waals surface area (Å²) in [5.41, 5.74) is 7.53. The van der Waals surface area contributed by atoms with Crippen LogP contribution in [0.3, 0.4) is 0 Å². The summed E-state index contributed by atoms with van der Waals surface area (Å²) in [6.07, 6.45) is 1.84. The largest absolute Gasteiger partial charge is 0.369 e. The Morgan fingerprint density at radius 2 is 2.28 bits per heavy atom. The number of hydrogen-bond acceptors (Lipinski definition) is 4. The van der Waals surface area contributed by atoms with Crippen molar-refractivity contribution in [2.45, 2.75) is 19.2 Å². The lowest BCUT2D eigenvalue weighted by Gasteiger charge is -2.10. The first kappa shape index (κ1) is 15.0. The topological polar surface area (TPSA) is 59.2 Å². The molecule has 0 bridgehead atoms. The van der Waals surface area contributed by atoms with Gasteiger partial charge in [-0.05, 0) is 31.8 Å². The molecule has 0 aromatic carbocycles. The summed E-state index contributed by atoms with van der Waals surface area (Å²) in [6, 6.07) is 4.14. The van der Waals surface area contributed by atoms with E-state index in [1.165, 1.54) is 5.56 Å². The zero-order chi connectivity index (χ0) is 13.5. The van der Waals surface area contributed by atoms with E-state index in [-0.39, 0.29) is 11.8 Å². The van der Waals surface area contributed by atoms with Crippen LogP contribution in [0.4, 0.5) is 0 Å². The second-order valence-electron chi connectivity index (χ2n) is 4.71. The lowest BCUT2D eigenvalue weighted by molar-refractivity contribution is -0.120. The Hall–Kier alpha value is -1.07. The van der Waals surface area contributed by atoms with Gasteiger partial charge in [-0.2, -0.15) is 11.8 Å². The third-order valence-electron chi connectivity index (χ3n) is 2.48. The molecule has 1 atom stereocenters. The SMILES string of the molecule is CC(CSCc1cc(CN(C)C)ccn1)C(N)=O.